The van der Waals surface area contributed by atoms with Crippen molar-refractivity contribution in [2.45, 2.75) is 31.7 Å². The molecule has 2 heterocycles. The van der Waals surface area contributed by atoms with Crippen LogP contribution in [0.4, 0.5) is 5.13 Å². The zero-order chi connectivity index (χ0) is 16.7. The molecule has 0 aliphatic heterocycles. The second-order valence-corrected chi connectivity index (χ2v) is 6.75. The van der Waals surface area contributed by atoms with Gasteiger partial charge in [-0.15, -0.1) is 15.3 Å². The minimum absolute atomic E-state index is 0.348. The standard InChI is InChI=1S/C15H14N6O2S/c1-8(12(22)16-15-19-18-13(24-15)9-6-7-9)21-14(23)10-4-2-3-5-11(10)17-20-21/h2-5,8-9H,6-7H2,1H3,(H,16,19,22)/t8-/m1/s1. The van der Waals surface area contributed by atoms with Gasteiger partial charge in [0.05, 0.1) is 5.39 Å². The lowest BCUT2D eigenvalue weighted by atomic mass is 10.2. The number of nitrogens with one attached hydrogen (secondary N) is 1. The molecule has 1 amide bonds. The molecule has 3 aromatic rings. The van der Waals surface area contributed by atoms with Crippen LogP contribution >= 0.6 is 11.3 Å². The van der Waals surface area contributed by atoms with Crippen molar-refractivity contribution in [1.82, 2.24) is 25.2 Å². The Balaban J connectivity index is 1.57. The molecule has 1 aromatic carbocycles. The number of fused-ring (bicyclic) bond motifs is 1. The van der Waals surface area contributed by atoms with E-state index in [9.17, 15) is 9.59 Å². The summed E-state index contributed by atoms with van der Waals surface area (Å²) in [5.74, 6) is 0.111. The Labute approximate surface area is 140 Å². The summed E-state index contributed by atoms with van der Waals surface area (Å²) in [6, 6.07) is 6.10. The Kier molecular flexibility index (Phi) is 3.57. The minimum atomic E-state index is -0.803. The zero-order valence-electron chi connectivity index (χ0n) is 12.8. The molecule has 8 nitrogen and oxygen atoms in total. The highest BCUT2D eigenvalue weighted by molar-refractivity contribution is 7.15. The van der Waals surface area contributed by atoms with Crippen LogP contribution in [0.25, 0.3) is 10.9 Å². The third-order valence-corrected chi connectivity index (χ3v) is 4.94. The summed E-state index contributed by atoms with van der Waals surface area (Å²) in [4.78, 5) is 24.9. The maximum Gasteiger partial charge on any atom is 0.278 e. The Bertz CT molecular complexity index is 977. The highest BCUT2D eigenvalue weighted by Gasteiger charge is 2.28. The average molecular weight is 342 g/mol. The fourth-order valence-corrected chi connectivity index (χ4v) is 3.27. The van der Waals surface area contributed by atoms with E-state index in [0.29, 0.717) is 22.0 Å². The van der Waals surface area contributed by atoms with Crippen molar-refractivity contribution in [3.05, 3.63) is 39.6 Å². The molecule has 2 aromatic heterocycles. The number of benzene rings is 1. The molecular formula is C15H14N6O2S. The molecule has 0 bridgehead atoms. The van der Waals surface area contributed by atoms with Gasteiger partial charge in [-0.05, 0) is 31.9 Å². The Morgan fingerprint density at radius 3 is 2.88 bits per heavy atom. The van der Waals surface area contributed by atoms with E-state index in [-0.39, 0.29) is 11.5 Å². The van der Waals surface area contributed by atoms with Gasteiger partial charge in [0.2, 0.25) is 5.13 Å². The van der Waals surface area contributed by atoms with Crippen LogP contribution in [-0.2, 0) is 4.79 Å². The molecule has 0 radical (unpaired) electrons. The number of nitrogens with zero attached hydrogens (tertiary/aromatic N) is 5. The first-order valence-corrected chi connectivity index (χ1v) is 8.43. The molecule has 1 atom stereocenters. The minimum Gasteiger partial charge on any atom is -0.299 e. The van der Waals surface area contributed by atoms with Crippen molar-refractivity contribution < 1.29 is 4.79 Å². The van der Waals surface area contributed by atoms with Crippen LogP contribution in [0.3, 0.4) is 0 Å². The Morgan fingerprint density at radius 1 is 1.29 bits per heavy atom. The molecule has 1 aliphatic rings. The second-order valence-electron chi connectivity index (χ2n) is 5.74. The quantitative estimate of drug-likeness (QED) is 0.774. The first kappa shape index (κ1) is 14.9. The molecule has 0 saturated heterocycles. The number of amides is 1. The summed E-state index contributed by atoms with van der Waals surface area (Å²) in [5, 5.41) is 20.4. The van der Waals surface area contributed by atoms with Crippen LogP contribution in [-0.4, -0.2) is 31.1 Å². The van der Waals surface area contributed by atoms with Crippen molar-refractivity contribution >= 4 is 33.3 Å². The first-order valence-electron chi connectivity index (χ1n) is 7.62. The maximum atomic E-state index is 12.5. The van der Waals surface area contributed by atoms with E-state index in [2.05, 4.69) is 25.8 Å². The number of anilines is 1. The molecule has 122 valence electrons. The first-order chi connectivity index (χ1) is 11.6. The van der Waals surface area contributed by atoms with Gasteiger partial charge in [0.25, 0.3) is 11.5 Å². The van der Waals surface area contributed by atoms with Gasteiger partial charge in [-0.25, -0.2) is 0 Å². The van der Waals surface area contributed by atoms with Crippen molar-refractivity contribution in [3.63, 3.8) is 0 Å². The molecule has 9 heteroatoms. The van der Waals surface area contributed by atoms with E-state index in [4.69, 9.17) is 0 Å². The van der Waals surface area contributed by atoms with Crippen LogP contribution in [0.15, 0.2) is 29.1 Å². The topological polar surface area (TPSA) is 103 Å². The maximum absolute atomic E-state index is 12.5. The largest absolute Gasteiger partial charge is 0.299 e. The van der Waals surface area contributed by atoms with E-state index in [1.807, 2.05) is 0 Å². The average Bonchev–Trinajstić information content (AvgIpc) is 3.35. The van der Waals surface area contributed by atoms with Crippen molar-refractivity contribution in [3.8, 4) is 0 Å². The molecule has 1 saturated carbocycles. The normalized spacial score (nSPS) is 15.4. The molecule has 4 rings (SSSR count). The van der Waals surface area contributed by atoms with Gasteiger partial charge >= 0.3 is 0 Å². The number of carbonyl (C=O) groups is 1. The summed E-state index contributed by atoms with van der Waals surface area (Å²) in [6.45, 7) is 1.60. The molecule has 1 N–H and O–H groups in total. The highest BCUT2D eigenvalue weighted by atomic mass is 32.1. The zero-order valence-corrected chi connectivity index (χ0v) is 13.7. The van der Waals surface area contributed by atoms with Gasteiger partial charge in [0.15, 0.2) is 0 Å². The van der Waals surface area contributed by atoms with Crippen LogP contribution < -0.4 is 10.9 Å². The number of hydrogen-bond acceptors (Lipinski definition) is 7. The number of carbonyl (C=O) groups excluding carboxylic acids is 1. The molecule has 1 aliphatic carbocycles. The lowest BCUT2D eigenvalue weighted by Gasteiger charge is -2.12. The van der Waals surface area contributed by atoms with E-state index in [1.54, 1.807) is 31.2 Å². The van der Waals surface area contributed by atoms with Crippen LogP contribution in [0.1, 0.15) is 36.7 Å². The number of hydrogen-bond donors (Lipinski definition) is 1. The lowest BCUT2D eigenvalue weighted by molar-refractivity contribution is -0.119. The monoisotopic (exact) mass is 342 g/mol. The smallest absolute Gasteiger partial charge is 0.278 e. The third-order valence-electron chi connectivity index (χ3n) is 3.94. The fourth-order valence-electron chi connectivity index (χ4n) is 2.36. The summed E-state index contributed by atoms with van der Waals surface area (Å²) in [7, 11) is 0. The number of rotatable bonds is 4. The van der Waals surface area contributed by atoms with E-state index in [0.717, 1.165) is 22.5 Å². The van der Waals surface area contributed by atoms with E-state index in [1.165, 1.54) is 11.3 Å². The van der Waals surface area contributed by atoms with Gasteiger partial charge in [-0.3, -0.25) is 14.9 Å². The summed E-state index contributed by atoms with van der Waals surface area (Å²) < 4.78 is 1.08. The summed E-state index contributed by atoms with van der Waals surface area (Å²) in [6.07, 6.45) is 2.25. The summed E-state index contributed by atoms with van der Waals surface area (Å²) in [5.41, 5.74) is 0.156. The molecule has 0 unspecified atom stereocenters. The van der Waals surface area contributed by atoms with Crippen LogP contribution in [0.2, 0.25) is 0 Å². The van der Waals surface area contributed by atoms with Gasteiger partial charge in [-0.2, -0.15) is 4.68 Å². The Hall–Kier alpha value is -2.68. The van der Waals surface area contributed by atoms with E-state index >= 15 is 0 Å². The van der Waals surface area contributed by atoms with Gasteiger partial charge in [0, 0.05) is 5.92 Å². The van der Waals surface area contributed by atoms with Crippen molar-refractivity contribution in [1.29, 1.82) is 0 Å². The SMILES string of the molecule is C[C@H](C(=O)Nc1nnc(C2CC2)s1)n1nnc2ccccc2c1=O. The Morgan fingerprint density at radius 2 is 2.08 bits per heavy atom. The van der Waals surface area contributed by atoms with Crippen LogP contribution in [0.5, 0.6) is 0 Å². The fraction of sp³-hybridized carbons (Fsp3) is 0.333. The van der Waals surface area contributed by atoms with Gasteiger partial charge in [-0.1, -0.05) is 28.7 Å². The van der Waals surface area contributed by atoms with Gasteiger partial charge in [0.1, 0.15) is 16.6 Å². The molecule has 0 spiro atoms. The van der Waals surface area contributed by atoms with Crippen LogP contribution in [0, 0.1) is 0 Å². The van der Waals surface area contributed by atoms with Crippen molar-refractivity contribution in [2.24, 2.45) is 0 Å². The molecule has 24 heavy (non-hydrogen) atoms. The highest BCUT2D eigenvalue weighted by Crippen LogP contribution is 2.42. The predicted molar refractivity (Wildman–Crippen MR) is 89.0 cm³/mol. The van der Waals surface area contributed by atoms with E-state index < -0.39 is 6.04 Å². The van der Waals surface area contributed by atoms with Crippen molar-refractivity contribution in [2.75, 3.05) is 5.32 Å². The third kappa shape index (κ3) is 2.67. The predicted octanol–water partition coefficient (Wildman–Crippen LogP) is 1.72. The molecule has 1 fully saturated rings. The molecular weight excluding hydrogens is 328 g/mol. The summed E-state index contributed by atoms with van der Waals surface area (Å²) >= 11 is 1.37. The number of aromatic nitrogens is 5. The second kappa shape index (κ2) is 5.75. The van der Waals surface area contributed by atoms with Gasteiger partial charge < -0.3 is 0 Å². The lowest BCUT2D eigenvalue weighted by Crippen LogP contribution is -2.34.